The molecule has 0 spiro atoms. The predicted octanol–water partition coefficient (Wildman–Crippen LogP) is 5.20. The summed E-state index contributed by atoms with van der Waals surface area (Å²) < 4.78 is 0.921. The molecule has 0 saturated carbocycles. The molecule has 0 heterocycles. The number of nitrogens with zero attached hydrogens (tertiary/aromatic N) is 1. The molecule has 0 aliphatic rings. The largest absolute Gasteiger partial charge is 0.349 e. The number of thiocarbonyl (C=S) groups is 1. The molecule has 0 aromatic heterocycles. The highest BCUT2D eigenvalue weighted by atomic mass is 32.2. The topological polar surface area (TPSA) is 3.24 Å². The lowest BCUT2D eigenvalue weighted by Gasteiger charge is -2.23. The first kappa shape index (κ1) is 16.8. The maximum atomic E-state index is 5.61. The molecule has 0 aliphatic heterocycles. The number of hydrogen-bond acceptors (Lipinski definition) is 2. The van der Waals surface area contributed by atoms with Crippen LogP contribution in [0, 0.1) is 6.92 Å². The number of aryl methyl sites for hydroxylation is 1. The minimum absolute atomic E-state index is 0.772. The fraction of sp³-hybridized carbons (Fsp3) is 0.211. The molecule has 1 nitrogen and oxygen atoms in total. The summed E-state index contributed by atoms with van der Waals surface area (Å²) in [4.78, 5) is 2.19. The van der Waals surface area contributed by atoms with Crippen LogP contribution in [-0.2, 0) is 12.3 Å². The van der Waals surface area contributed by atoms with E-state index in [9.17, 15) is 0 Å². The van der Waals surface area contributed by atoms with Gasteiger partial charge in [-0.2, -0.15) is 0 Å². The molecule has 2 rings (SSSR count). The maximum absolute atomic E-state index is 5.61. The van der Waals surface area contributed by atoms with E-state index in [1.165, 1.54) is 16.7 Å². The summed E-state index contributed by atoms with van der Waals surface area (Å²) in [7, 11) is 0. The first-order valence-corrected chi connectivity index (χ1v) is 8.70. The van der Waals surface area contributed by atoms with Crippen LogP contribution in [0.1, 0.15) is 16.7 Å². The minimum atomic E-state index is 0.772. The Bertz CT molecular complexity index is 605. The van der Waals surface area contributed by atoms with Gasteiger partial charge >= 0.3 is 0 Å². The zero-order valence-corrected chi connectivity index (χ0v) is 14.5. The second-order valence-corrected chi connectivity index (χ2v) is 6.80. The van der Waals surface area contributed by atoms with Crippen molar-refractivity contribution < 1.29 is 0 Å². The van der Waals surface area contributed by atoms with Crippen LogP contribution in [0.3, 0.4) is 0 Å². The van der Waals surface area contributed by atoms with E-state index in [2.05, 4.69) is 66.9 Å². The summed E-state index contributed by atoms with van der Waals surface area (Å²) in [5, 5.41) is 0. The first-order chi connectivity index (χ1) is 10.7. The Morgan fingerprint density at radius 3 is 2.41 bits per heavy atom. The van der Waals surface area contributed by atoms with E-state index < -0.39 is 0 Å². The van der Waals surface area contributed by atoms with E-state index >= 15 is 0 Å². The number of thioether (sulfide) groups is 1. The monoisotopic (exact) mass is 327 g/mol. The lowest BCUT2D eigenvalue weighted by Crippen LogP contribution is -2.27. The molecule has 0 atom stereocenters. The van der Waals surface area contributed by atoms with Crippen LogP contribution in [0.4, 0.5) is 0 Å². The van der Waals surface area contributed by atoms with Gasteiger partial charge in [0.2, 0.25) is 0 Å². The van der Waals surface area contributed by atoms with Crippen LogP contribution in [0.2, 0.25) is 0 Å². The molecule has 2 aromatic carbocycles. The quantitative estimate of drug-likeness (QED) is 0.530. The standard InChI is InChI=1S/C19H21NS2/c1-3-13-20(14-17-7-5-4-6-8-17)19(21)22-15-18-11-9-16(2)10-12-18/h3-12H,1,13-15H2,2H3. The van der Waals surface area contributed by atoms with Gasteiger partial charge in [-0.05, 0) is 18.1 Å². The van der Waals surface area contributed by atoms with Crippen LogP contribution in [0.25, 0.3) is 0 Å². The van der Waals surface area contributed by atoms with Crippen molar-refractivity contribution in [1.82, 2.24) is 4.90 Å². The SMILES string of the molecule is C=CCN(Cc1ccccc1)C(=S)SCc1ccc(C)cc1. The van der Waals surface area contributed by atoms with Crippen molar-refractivity contribution in [2.45, 2.75) is 19.2 Å². The van der Waals surface area contributed by atoms with E-state index in [4.69, 9.17) is 12.2 Å². The van der Waals surface area contributed by atoms with Gasteiger partial charge in [0.05, 0.1) is 0 Å². The minimum Gasteiger partial charge on any atom is -0.349 e. The molecule has 2 aromatic rings. The fourth-order valence-electron chi connectivity index (χ4n) is 2.08. The normalized spacial score (nSPS) is 10.2. The van der Waals surface area contributed by atoms with E-state index in [1.54, 1.807) is 11.8 Å². The predicted molar refractivity (Wildman–Crippen MR) is 102 cm³/mol. The summed E-state index contributed by atoms with van der Waals surface area (Å²) >= 11 is 7.32. The first-order valence-electron chi connectivity index (χ1n) is 7.31. The molecule has 3 heteroatoms. The number of hydrogen-bond donors (Lipinski definition) is 0. The van der Waals surface area contributed by atoms with Crippen LogP contribution >= 0.6 is 24.0 Å². The van der Waals surface area contributed by atoms with Gasteiger partial charge in [-0.15, -0.1) is 6.58 Å². The molecule has 0 amide bonds. The fourth-order valence-corrected chi connectivity index (χ4v) is 3.20. The Labute approximate surface area is 143 Å². The summed E-state index contributed by atoms with van der Waals surface area (Å²) in [5.41, 5.74) is 3.85. The zero-order valence-electron chi connectivity index (χ0n) is 12.9. The number of rotatable bonds is 6. The Morgan fingerprint density at radius 1 is 1.09 bits per heavy atom. The van der Waals surface area contributed by atoms with Gasteiger partial charge in [-0.3, -0.25) is 0 Å². The second kappa shape index (κ2) is 8.76. The van der Waals surface area contributed by atoms with E-state index in [0.717, 1.165) is 23.2 Å². The van der Waals surface area contributed by atoms with Gasteiger partial charge in [0.15, 0.2) is 0 Å². The van der Waals surface area contributed by atoms with Gasteiger partial charge in [0.1, 0.15) is 4.32 Å². The van der Waals surface area contributed by atoms with Crippen molar-refractivity contribution in [3.05, 3.63) is 83.9 Å². The van der Waals surface area contributed by atoms with Crippen LogP contribution in [0.5, 0.6) is 0 Å². The van der Waals surface area contributed by atoms with Crippen molar-refractivity contribution in [3.63, 3.8) is 0 Å². The van der Waals surface area contributed by atoms with Crippen molar-refractivity contribution in [2.24, 2.45) is 0 Å². The highest BCUT2D eigenvalue weighted by Gasteiger charge is 2.09. The average Bonchev–Trinajstić information content (AvgIpc) is 2.54. The molecular weight excluding hydrogens is 306 g/mol. The summed E-state index contributed by atoms with van der Waals surface area (Å²) in [6.07, 6.45) is 1.90. The smallest absolute Gasteiger partial charge is 0.137 e. The van der Waals surface area contributed by atoms with Gasteiger partial charge in [-0.1, -0.05) is 90.2 Å². The third kappa shape index (κ3) is 5.32. The van der Waals surface area contributed by atoms with Gasteiger partial charge in [0.25, 0.3) is 0 Å². The van der Waals surface area contributed by atoms with Crippen molar-refractivity contribution in [2.75, 3.05) is 6.54 Å². The summed E-state index contributed by atoms with van der Waals surface area (Å²) in [6, 6.07) is 19.0. The lowest BCUT2D eigenvalue weighted by atomic mass is 10.2. The Kier molecular flexibility index (Phi) is 6.69. The van der Waals surface area contributed by atoms with Crippen LogP contribution in [0.15, 0.2) is 67.3 Å². The van der Waals surface area contributed by atoms with Crippen molar-refractivity contribution in [3.8, 4) is 0 Å². The van der Waals surface area contributed by atoms with Gasteiger partial charge < -0.3 is 4.90 Å². The second-order valence-electron chi connectivity index (χ2n) is 5.19. The molecule has 0 bridgehead atoms. The van der Waals surface area contributed by atoms with E-state index in [1.807, 2.05) is 12.1 Å². The van der Waals surface area contributed by atoms with Gasteiger partial charge in [0, 0.05) is 18.8 Å². The van der Waals surface area contributed by atoms with Crippen LogP contribution in [-0.4, -0.2) is 15.8 Å². The molecular formula is C19H21NS2. The third-order valence-electron chi connectivity index (χ3n) is 3.31. The maximum Gasteiger partial charge on any atom is 0.137 e. The van der Waals surface area contributed by atoms with E-state index in [0.29, 0.717) is 0 Å². The number of benzene rings is 2. The van der Waals surface area contributed by atoms with Crippen molar-refractivity contribution in [1.29, 1.82) is 0 Å². The zero-order chi connectivity index (χ0) is 15.8. The highest BCUT2D eigenvalue weighted by molar-refractivity contribution is 8.22. The highest BCUT2D eigenvalue weighted by Crippen LogP contribution is 2.19. The van der Waals surface area contributed by atoms with E-state index in [-0.39, 0.29) is 0 Å². The third-order valence-corrected chi connectivity index (χ3v) is 4.90. The summed E-state index contributed by atoms with van der Waals surface area (Å²) in [5.74, 6) is 0.904. The molecule has 0 unspecified atom stereocenters. The van der Waals surface area contributed by atoms with Gasteiger partial charge in [-0.25, -0.2) is 0 Å². The molecule has 0 aliphatic carbocycles. The molecule has 0 N–H and O–H groups in total. The molecule has 0 radical (unpaired) electrons. The molecule has 22 heavy (non-hydrogen) atoms. The molecule has 0 saturated heterocycles. The molecule has 0 fully saturated rings. The Morgan fingerprint density at radius 2 is 1.77 bits per heavy atom. The average molecular weight is 328 g/mol. The summed E-state index contributed by atoms with van der Waals surface area (Å²) in [6.45, 7) is 7.54. The van der Waals surface area contributed by atoms with Crippen molar-refractivity contribution >= 4 is 28.3 Å². The lowest BCUT2D eigenvalue weighted by molar-refractivity contribution is 0.473. The Balaban J connectivity index is 1.94. The Hall–Kier alpha value is -1.58. The van der Waals surface area contributed by atoms with Crippen LogP contribution < -0.4 is 0 Å². The molecule has 114 valence electrons.